The third kappa shape index (κ3) is 2.19. The van der Waals surface area contributed by atoms with E-state index in [9.17, 15) is 0 Å². The van der Waals surface area contributed by atoms with Gasteiger partial charge < -0.3 is 4.90 Å². The van der Waals surface area contributed by atoms with E-state index in [-0.39, 0.29) is 0 Å². The zero-order valence-electron chi connectivity index (χ0n) is 8.30. The molecule has 11 heavy (non-hydrogen) atoms. The molecule has 1 nitrogen and oxygen atoms in total. The summed E-state index contributed by atoms with van der Waals surface area (Å²) >= 11 is 0. The Balaban J connectivity index is 2.36. The molecule has 1 saturated heterocycles. The Kier molecular flexibility index (Phi) is 2.94. The summed E-state index contributed by atoms with van der Waals surface area (Å²) in [6.07, 6.45) is 4.19. The van der Waals surface area contributed by atoms with E-state index in [0.29, 0.717) is 0 Å². The van der Waals surface area contributed by atoms with Crippen molar-refractivity contribution >= 4 is 0 Å². The first-order chi connectivity index (χ1) is 5.11. The zero-order chi connectivity index (χ0) is 8.43. The van der Waals surface area contributed by atoms with E-state index < -0.39 is 0 Å². The molecule has 0 saturated carbocycles. The smallest absolute Gasteiger partial charge is 0.00980 e. The Hall–Kier alpha value is -0.0400. The molecule has 1 heteroatoms. The van der Waals surface area contributed by atoms with Gasteiger partial charge in [0.05, 0.1) is 0 Å². The van der Waals surface area contributed by atoms with Crippen molar-refractivity contribution in [2.75, 3.05) is 7.05 Å². The Morgan fingerprint density at radius 3 is 2.36 bits per heavy atom. The quantitative estimate of drug-likeness (QED) is 0.592. The van der Waals surface area contributed by atoms with Gasteiger partial charge in [0.2, 0.25) is 0 Å². The summed E-state index contributed by atoms with van der Waals surface area (Å²) in [5.74, 6) is 0.854. The highest BCUT2D eigenvalue weighted by molar-refractivity contribution is 4.82. The van der Waals surface area contributed by atoms with Gasteiger partial charge in [-0.1, -0.05) is 13.8 Å². The van der Waals surface area contributed by atoms with Gasteiger partial charge in [0, 0.05) is 12.1 Å². The predicted molar refractivity (Wildman–Crippen MR) is 49.7 cm³/mol. The average molecular weight is 155 g/mol. The van der Waals surface area contributed by atoms with Crippen LogP contribution in [0.1, 0.15) is 40.0 Å². The molecule has 0 amide bonds. The first-order valence-electron chi connectivity index (χ1n) is 4.83. The van der Waals surface area contributed by atoms with Gasteiger partial charge >= 0.3 is 0 Å². The number of nitrogens with zero attached hydrogens (tertiary/aromatic N) is 1. The average Bonchev–Trinajstić information content (AvgIpc) is 2.18. The number of hydrogen-bond acceptors (Lipinski definition) is 1. The van der Waals surface area contributed by atoms with Crippen LogP contribution in [0.3, 0.4) is 0 Å². The van der Waals surface area contributed by atoms with E-state index in [1.54, 1.807) is 0 Å². The van der Waals surface area contributed by atoms with Crippen molar-refractivity contribution in [3.8, 4) is 0 Å². The highest BCUT2D eigenvalue weighted by atomic mass is 15.2. The van der Waals surface area contributed by atoms with Crippen LogP contribution < -0.4 is 0 Å². The summed E-state index contributed by atoms with van der Waals surface area (Å²) < 4.78 is 0. The third-order valence-corrected chi connectivity index (χ3v) is 2.93. The maximum absolute atomic E-state index is 2.54. The molecule has 2 atom stereocenters. The van der Waals surface area contributed by atoms with E-state index in [4.69, 9.17) is 0 Å². The molecule has 1 heterocycles. The second-order valence-electron chi connectivity index (χ2n) is 4.38. The van der Waals surface area contributed by atoms with Gasteiger partial charge in [0.1, 0.15) is 0 Å². The molecule has 0 bridgehead atoms. The molecule has 2 unspecified atom stereocenters. The van der Waals surface area contributed by atoms with Gasteiger partial charge in [-0.3, -0.25) is 0 Å². The van der Waals surface area contributed by atoms with E-state index >= 15 is 0 Å². The summed E-state index contributed by atoms with van der Waals surface area (Å²) in [5.41, 5.74) is 0. The molecule has 1 rings (SSSR count). The van der Waals surface area contributed by atoms with Crippen LogP contribution in [0.2, 0.25) is 0 Å². The molecular weight excluding hydrogens is 134 g/mol. The van der Waals surface area contributed by atoms with Crippen LogP contribution in [-0.2, 0) is 0 Å². The van der Waals surface area contributed by atoms with Crippen molar-refractivity contribution in [2.24, 2.45) is 5.92 Å². The summed E-state index contributed by atoms with van der Waals surface area (Å²) in [4.78, 5) is 2.54. The minimum Gasteiger partial charge on any atom is -0.301 e. The van der Waals surface area contributed by atoms with Crippen LogP contribution in [-0.4, -0.2) is 24.0 Å². The maximum Gasteiger partial charge on any atom is 0.00980 e. The van der Waals surface area contributed by atoms with E-state index in [0.717, 1.165) is 18.0 Å². The highest BCUT2D eigenvalue weighted by Crippen LogP contribution is 2.26. The molecule has 0 aliphatic carbocycles. The van der Waals surface area contributed by atoms with Crippen LogP contribution in [0.4, 0.5) is 0 Å². The fourth-order valence-electron chi connectivity index (χ4n) is 2.03. The predicted octanol–water partition coefficient (Wildman–Crippen LogP) is 2.52. The summed E-state index contributed by atoms with van der Waals surface area (Å²) in [5, 5.41) is 0. The molecule has 1 aliphatic rings. The highest BCUT2D eigenvalue weighted by Gasteiger charge is 2.26. The fourth-order valence-corrected chi connectivity index (χ4v) is 2.03. The Bertz CT molecular complexity index is 120. The number of hydrogen-bond donors (Lipinski definition) is 0. The lowest BCUT2D eigenvalue weighted by atomic mass is 10.0. The molecule has 0 aromatic rings. The van der Waals surface area contributed by atoms with Crippen LogP contribution in [0, 0.1) is 5.92 Å². The van der Waals surface area contributed by atoms with Crippen molar-refractivity contribution in [3.05, 3.63) is 0 Å². The first-order valence-corrected chi connectivity index (χ1v) is 4.83. The maximum atomic E-state index is 2.54. The molecular formula is C10H21N. The van der Waals surface area contributed by atoms with Gasteiger partial charge in [0.25, 0.3) is 0 Å². The second-order valence-corrected chi connectivity index (χ2v) is 4.38. The fraction of sp³-hybridized carbons (Fsp3) is 1.00. The Morgan fingerprint density at radius 1 is 1.36 bits per heavy atom. The minimum absolute atomic E-state index is 0.818. The van der Waals surface area contributed by atoms with Crippen LogP contribution in [0.25, 0.3) is 0 Å². The van der Waals surface area contributed by atoms with Crippen LogP contribution in [0.15, 0.2) is 0 Å². The van der Waals surface area contributed by atoms with Gasteiger partial charge in [-0.05, 0) is 39.2 Å². The lowest BCUT2D eigenvalue weighted by Crippen LogP contribution is -2.31. The van der Waals surface area contributed by atoms with Crippen molar-refractivity contribution in [1.29, 1.82) is 0 Å². The Labute approximate surface area is 70.8 Å². The lowest BCUT2D eigenvalue weighted by Gasteiger charge is -2.24. The topological polar surface area (TPSA) is 3.24 Å². The normalized spacial score (nSPS) is 33.5. The standard InChI is InChI=1S/C10H21N/c1-8(2)7-10-6-5-9(3)11(10)4/h8-10H,5-7H2,1-4H3. The van der Waals surface area contributed by atoms with Gasteiger partial charge in [0.15, 0.2) is 0 Å². The second kappa shape index (κ2) is 3.57. The SMILES string of the molecule is CC(C)CC1CCC(C)N1C. The van der Waals surface area contributed by atoms with Crippen molar-refractivity contribution < 1.29 is 0 Å². The summed E-state index contributed by atoms with van der Waals surface area (Å²) in [6.45, 7) is 6.97. The molecule has 0 aromatic heterocycles. The summed E-state index contributed by atoms with van der Waals surface area (Å²) in [6, 6.07) is 1.68. The number of likely N-dealkylation sites (tertiary alicyclic amines) is 1. The van der Waals surface area contributed by atoms with Gasteiger partial charge in [-0.2, -0.15) is 0 Å². The largest absolute Gasteiger partial charge is 0.301 e. The molecule has 1 fully saturated rings. The van der Waals surface area contributed by atoms with E-state index in [1.165, 1.54) is 19.3 Å². The number of rotatable bonds is 2. The molecule has 0 N–H and O–H groups in total. The van der Waals surface area contributed by atoms with Crippen molar-refractivity contribution in [1.82, 2.24) is 4.90 Å². The molecule has 1 aliphatic heterocycles. The van der Waals surface area contributed by atoms with Gasteiger partial charge in [-0.15, -0.1) is 0 Å². The molecule has 0 spiro atoms. The van der Waals surface area contributed by atoms with Gasteiger partial charge in [-0.25, -0.2) is 0 Å². The van der Waals surface area contributed by atoms with Crippen LogP contribution in [0.5, 0.6) is 0 Å². The van der Waals surface area contributed by atoms with E-state index in [1.807, 2.05) is 0 Å². The molecule has 0 aromatic carbocycles. The van der Waals surface area contributed by atoms with Crippen LogP contribution >= 0.6 is 0 Å². The zero-order valence-corrected chi connectivity index (χ0v) is 8.30. The van der Waals surface area contributed by atoms with Crippen molar-refractivity contribution in [3.63, 3.8) is 0 Å². The third-order valence-electron chi connectivity index (χ3n) is 2.93. The molecule has 0 radical (unpaired) electrons. The van der Waals surface area contributed by atoms with Crippen molar-refractivity contribution in [2.45, 2.75) is 52.1 Å². The monoisotopic (exact) mass is 155 g/mol. The minimum atomic E-state index is 0.818. The summed E-state index contributed by atoms with van der Waals surface area (Å²) in [7, 11) is 2.27. The Morgan fingerprint density at radius 2 is 2.00 bits per heavy atom. The molecule has 66 valence electrons. The van der Waals surface area contributed by atoms with E-state index in [2.05, 4.69) is 32.7 Å². The lowest BCUT2D eigenvalue weighted by molar-refractivity contribution is 0.227. The first kappa shape index (κ1) is 9.05.